The van der Waals surface area contributed by atoms with Gasteiger partial charge in [-0.1, -0.05) is 5.57 Å². The second-order valence-corrected chi connectivity index (χ2v) is 10.4. The van der Waals surface area contributed by atoms with Crippen LogP contribution in [0.5, 0.6) is 0 Å². The summed E-state index contributed by atoms with van der Waals surface area (Å²) in [5.74, 6) is -0.248. The van der Waals surface area contributed by atoms with Gasteiger partial charge < -0.3 is 0 Å². The second kappa shape index (κ2) is 8.26. The number of carbonyl (C=O) groups is 1. The molecule has 0 saturated carbocycles. The minimum atomic E-state index is -0.727. The Balaban J connectivity index is 1.39. The van der Waals surface area contributed by atoms with Crippen LogP contribution in [-0.2, 0) is 13.5 Å². The van der Waals surface area contributed by atoms with Crippen LogP contribution in [0.25, 0.3) is 11.8 Å². The monoisotopic (exact) mass is 493 g/mol. The molecule has 8 nitrogen and oxygen atoms in total. The summed E-state index contributed by atoms with van der Waals surface area (Å²) in [4.78, 5) is 19.8. The van der Waals surface area contributed by atoms with Crippen molar-refractivity contribution in [3.05, 3.63) is 75.9 Å². The molecule has 1 aliphatic heterocycles. The third kappa shape index (κ3) is 3.60. The number of fused-ring (bicyclic) bond motifs is 2. The zero-order valence-electron chi connectivity index (χ0n) is 18.3. The molecule has 0 bridgehead atoms. The van der Waals surface area contributed by atoms with Crippen molar-refractivity contribution in [3.8, 4) is 5.69 Å². The number of benzene rings is 1. The maximum atomic E-state index is 13.9. The van der Waals surface area contributed by atoms with Gasteiger partial charge in [0.2, 0.25) is 5.78 Å². The number of rotatable bonds is 5. The van der Waals surface area contributed by atoms with Gasteiger partial charge in [-0.2, -0.15) is 15.0 Å². The number of aromatic nitrogens is 6. The second-order valence-electron chi connectivity index (χ2n) is 8.42. The molecule has 1 unspecified atom stereocenters. The molecule has 34 heavy (non-hydrogen) atoms. The van der Waals surface area contributed by atoms with Crippen LogP contribution in [0.4, 0.5) is 4.39 Å². The van der Waals surface area contributed by atoms with Crippen LogP contribution >= 0.6 is 23.3 Å². The highest BCUT2D eigenvalue weighted by Gasteiger charge is 2.49. The summed E-state index contributed by atoms with van der Waals surface area (Å²) < 4.78 is 17.5. The highest BCUT2D eigenvalue weighted by atomic mass is 32.2. The number of halogens is 1. The molecule has 0 amide bonds. The van der Waals surface area contributed by atoms with Crippen molar-refractivity contribution in [2.75, 3.05) is 13.1 Å². The van der Waals surface area contributed by atoms with E-state index in [1.54, 1.807) is 31.6 Å². The van der Waals surface area contributed by atoms with Gasteiger partial charge in [0, 0.05) is 31.7 Å². The first-order valence-corrected chi connectivity index (χ1v) is 12.4. The van der Waals surface area contributed by atoms with Crippen LogP contribution in [-0.4, -0.2) is 52.9 Å². The third-order valence-corrected chi connectivity index (χ3v) is 8.03. The molecule has 1 aromatic carbocycles. The molecular formula is C23H20FN7OS2. The number of aryl methyl sites for hydroxylation is 1. The lowest BCUT2D eigenvalue weighted by molar-refractivity contribution is 0.0781. The molecule has 0 spiro atoms. The van der Waals surface area contributed by atoms with Crippen molar-refractivity contribution in [1.82, 2.24) is 34.1 Å². The molecular weight excluding hydrogens is 473 g/mol. The zero-order valence-corrected chi connectivity index (χ0v) is 19.9. The first kappa shape index (κ1) is 21.4. The van der Waals surface area contributed by atoms with Gasteiger partial charge >= 0.3 is 0 Å². The Morgan fingerprint density at radius 1 is 1.21 bits per heavy atom. The SMILES string of the molecule is Cn1ncc(SN2CCC3=Cc4c(cnn4-c4ccc(F)cc4)CC3(C(=O)c3nccs3)C2)n1. The van der Waals surface area contributed by atoms with Gasteiger partial charge in [0.1, 0.15) is 5.82 Å². The first-order valence-electron chi connectivity index (χ1n) is 10.8. The number of nitrogens with zero attached hydrogens (tertiary/aromatic N) is 7. The Labute approximate surface area is 203 Å². The molecule has 4 heterocycles. The van der Waals surface area contributed by atoms with Crippen LogP contribution in [0.2, 0.25) is 0 Å². The lowest BCUT2D eigenvalue weighted by atomic mass is 9.66. The van der Waals surface area contributed by atoms with Crippen molar-refractivity contribution in [3.63, 3.8) is 0 Å². The average molecular weight is 494 g/mol. The molecule has 6 rings (SSSR count). The molecule has 1 saturated heterocycles. The Morgan fingerprint density at radius 2 is 2.06 bits per heavy atom. The van der Waals surface area contributed by atoms with Crippen LogP contribution in [0, 0.1) is 11.2 Å². The molecule has 4 aromatic rings. The van der Waals surface area contributed by atoms with E-state index in [9.17, 15) is 9.18 Å². The van der Waals surface area contributed by atoms with Crippen LogP contribution in [0.1, 0.15) is 27.5 Å². The predicted octanol–water partition coefficient (Wildman–Crippen LogP) is 3.82. The fourth-order valence-corrected chi connectivity index (χ4v) is 6.38. The Kier molecular flexibility index (Phi) is 5.19. The van der Waals surface area contributed by atoms with Gasteiger partial charge in [0.25, 0.3) is 0 Å². The minimum absolute atomic E-state index is 0.0402. The van der Waals surface area contributed by atoms with Gasteiger partial charge in [0.05, 0.1) is 29.2 Å². The van der Waals surface area contributed by atoms with Crippen molar-refractivity contribution in [2.45, 2.75) is 17.9 Å². The van der Waals surface area contributed by atoms with E-state index >= 15 is 0 Å². The summed E-state index contributed by atoms with van der Waals surface area (Å²) in [5.41, 5.74) is 3.08. The smallest absolute Gasteiger partial charge is 0.203 e. The molecule has 1 atom stereocenters. The highest BCUT2D eigenvalue weighted by molar-refractivity contribution is 7.97. The van der Waals surface area contributed by atoms with E-state index in [2.05, 4.69) is 30.7 Å². The number of hydrogen-bond donors (Lipinski definition) is 0. The largest absolute Gasteiger partial charge is 0.290 e. The molecule has 172 valence electrons. The summed E-state index contributed by atoms with van der Waals surface area (Å²) in [7, 11) is 1.79. The van der Waals surface area contributed by atoms with E-state index in [1.165, 1.54) is 40.2 Å². The molecule has 1 aliphatic carbocycles. The van der Waals surface area contributed by atoms with Crippen molar-refractivity contribution in [2.24, 2.45) is 12.5 Å². The van der Waals surface area contributed by atoms with Crippen molar-refractivity contribution in [1.29, 1.82) is 0 Å². The minimum Gasteiger partial charge on any atom is -0.290 e. The van der Waals surface area contributed by atoms with Crippen molar-refractivity contribution < 1.29 is 9.18 Å². The average Bonchev–Trinajstić information content (AvgIpc) is 3.59. The summed E-state index contributed by atoms with van der Waals surface area (Å²) in [6.45, 7) is 1.32. The number of hydrogen-bond acceptors (Lipinski definition) is 8. The molecule has 0 radical (unpaired) electrons. The normalized spacial score (nSPS) is 20.0. The first-order chi connectivity index (χ1) is 16.5. The summed E-state index contributed by atoms with van der Waals surface area (Å²) in [6.07, 6.45) is 8.59. The fraction of sp³-hybridized carbons (Fsp3) is 0.261. The number of thiazole rings is 1. The maximum absolute atomic E-state index is 13.9. The molecule has 1 fully saturated rings. The van der Waals surface area contributed by atoms with Crippen LogP contribution < -0.4 is 0 Å². The molecule has 11 heteroatoms. The fourth-order valence-electron chi connectivity index (χ4n) is 4.72. The van der Waals surface area contributed by atoms with E-state index in [0.717, 1.165) is 40.5 Å². The van der Waals surface area contributed by atoms with Gasteiger partial charge in [-0.05, 0) is 60.7 Å². The molecule has 0 N–H and O–H groups in total. The van der Waals surface area contributed by atoms with E-state index in [-0.39, 0.29) is 11.6 Å². The van der Waals surface area contributed by atoms with Gasteiger partial charge in [0.15, 0.2) is 10.0 Å². The third-order valence-electron chi connectivity index (χ3n) is 6.31. The number of Topliss-reactive ketones (excluding diaryl/α,β-unsaturated/α-hetero) is 1. The quantitative estimate of drug-likeness (QED) is 0.309. The van der Waals surface area contributed by atoms with E-state index in [0.29, 0.717) is 18.0 Å². The van der Waals surface area contributed by atoms with Crippen LogP contribution in [0.15, 0.2) is 58.8 Å². The van der Waals surface area contributed by atoms with Crippen molar-refractivity contribution >= 4 is 35.1 Å². The van der Waals surface area contributed by atoms with E-state index in [4.69, 9.17) is 0 Å². The van der Waals surface area contributed by atoms with E-state index in [1.807, 2.05) is 16.3 Å². The van der Waals surface area contributed by atoms with Gasteiger partial charge in [-0.15, -0.1) is 16.4 Å². The lowest BCUT2D eigenvalue weighted by Gasteiger charge is -2.44. The maximum Gasteiger partial charge on any atom is 0.203 e. The Bertz CT molecular complexity index is 1390. The number of piperidine rings is 1. The van der Waals surface area contributed by atoms with Crippen LogP contribution in [0.3, 0.4) is 0 Å². The zero-order chi connectivity index (χ0) is 23.3. The predicted molar refractivity (Wildman–Crippen MR) is 127 cm³/mol. The number of carbonyl (C=O) groups excluding carboxylic acids is 1. The highest BCUT2D eigenvalue weighted by Crippen LogP contribution is 2.48. The summed E-state index contributed by atoms with van der Waals surface area (Å²) in [6, 6.07) is 6.28. The van der Waals surface area contributed by atoms with Gasteiger partial charge in [-0.25, -0.2) is 18.4 Å². The topological polar surface area (TPSA) is 81.7 Å². The Hall–Kier alpha value is -3.15. The molecule has 3 aromatic heterocycles. The molecule has 2 aliphatic rings. The van der Waals surface area contributed by atoms with E-state index < -0.39 is 5.41 Å². The van der Waals surface area contributed by atoms with Gasteiger partial charge in [-0.3, -0.25) is 4.79 Å². The summed E-state index contributed by atoms with van der Waals surface area (Å²) >= 11 is 2.90. The standard InChI is InChI=1S/C23H20FN7OS2/c1-29-26-13-20(28-29)34-30-8-6-16-10-19-15(12-27-31(19)18-4-2-17(24)3-5-18)11-23(16,14-30)21(32)22-25-7-9-33-22/h2-5,7,9-10,12-13H,6,8,11,14H2,1H3. The lowest BCUT2D eigenvalue weighted by Crippen LogP contribution is -2.49. The number of ketones is 1. The summed E-state index contributed by atoms with van der Waals surface area (Å²) in [5, 5.41) is 16.3. The Morgan fingerprint density at radius 3 is 2.79 bits per heavy atom.